The molecule has 0 spiro atoms. The fraction of sp³-hybridized carbons (Fsp3) is 0.345. The molecule has 1 aliphatic carbocycles. The van der Waals surface area contributed by atoms with Crippen molar-refractivity contribution >= 4 is 31.8 Å². The minimum absolute atomic E-state index is 0.0225. The van der Waals surface area contributed by atoms with E-state index in [0.717, 1.165) is 17.9 Å². The Morgan fingerprint density at radius 1 is 1.12 bits per heavy atom. The number of hydrogen-bond donors (Lipinski definition) is 0. The summed E-state index contributed by atoms with van der Waals surface area (Å²) < 4.78 is 97.5. The highest BCUT2D eigenvalue weighted by molar-refractivity contribution is 7.91. The Labute approximate surface area is 233 Å². The topological polar surface area (TPSA) is 82.7 Å². The number of halogens is 3. The maximum atomic E-state index is 15.7. The molecule has 6 rings (SSSR count). The van der Waals surface area contributed by atoms with Crippen LogP contribution in [0, 0.1) is 18.6 Å². The molecule has 0 saturated heterocycles. The third kappa shape index (κ3) is 4.36. The molecule has 1 atom stereocenters. The lowest BCUT2D eigenvalue weighted by Gasteiger charge is -2.36. The molecule has 2 aromatic carbocycles. The van der Waals surface area contributed by atoms with Crippen molar-refractivity contribution in [1.29, 1.82) is 0 Å². The van der Waals surface area contributed by atoms with Gasteiger partial charge in [0.1, 0.15) is 5.82 Å². The van der Waals surface area contributed by atoms with Crippen LogP contribution >= 0.6 is 0 Å². The minimum atomic E-state index is -3.90. The molecule has 0 aliphatic heterocycles. The number of pyridine rings is 1. The first kappa shape index (κ1) is 23.0. The van der Waals surface area contributed by atoms with Gasteiger partial charge in [0, 0.05) is 42.0 Å². The normalized spacial score (nSPS) is 18.5. The van der Waals surface area contributed by atoms with E-state index in [4.69, 9.17) is 4.11 Å². The third-order valence-electron chi connectivity index (χ3n) is 7.82. The average Bonchev–Trinajstić information content (AvgIpc) is 3.48. The Morgan fingerprint density at radius 3 is 2.52 bits per heavy atom. The Bertz CT molecular complexity index is 1960. The van der Waals surface area contributed by atoms with Gasteiger partial charge in [0.25, 0.3) is 0 Å². The summed E-state index contributed by atoms with van der Waals surface area (Å²) in [6.45, 7) is -2.60. The van der Waals surface area contributed by atoms with E-state index in [1.165, 1.54) is 24.0 Å². The molecule has 1 aliphatic rings. The zero-order valence-corrected chi connectivity index (χ0v) is 22.6. The number of rotatable bonds is 5. The van der Waals surface area contributed by atoms with Crippen molar-refractivity contribution in [3.63, 3.8) is 0 Å². The van der Waals surface area contributed by atoms with Crippen LogP contribution in [0.3, 0.4) is 0 Å². The second-order valence-electron chi connectivity index (χ2n) is 10.5. The number of aryl methyl sites for hydroxylation is 2. The van der Waals surface area contributed by atoms with Gasteiger partial charge >= 0.3 is 0 Å². The van der Waals surface area contributed by atoms with E-state index in [0.29, 0.717) is 11.1 Å². The number of sulfone groups is 1. The maximum Gasteiger partial charge on any atom is 0.248 e. The lowest BCUT2D eigenvalue weighted by atomic mass is 9.79. The number of hydrogen-bond acceptors (Lipinski definition) is 5. The average molecular weight is 571 g/mol. The van der Waals surface area contributed by atoms with Gasteiger partial charge in [0.05, 0.1) is 44.3 Å². The van der Waals surface area contributed by atoms with Crippen molar-refractivity contribution in [3.8, 4) is 11.3 Å². The van der Waals surface area contributed by atoms with Crippen LogP contribution in [0.1, 0.15) is 47.1 Å². The molecule has 1 fully saturated rings. The number of nitrogens with zero attached hydrogens (tertiary/aromatic N) is 5. The van der Waals surface area contributed by atoms with E-state index in [9.17, 15) is 17.2 Å². The molecule has 3 heterocycles. The van der Waals surface area contributed by atoms with Crippen molar-refractivity contribution in [3.05, 3.63) is 71.8 Å². The van der Waals surface area contributed by atoms with E-state index < -0.39 is 34.5 Å². The van der Waals surface area contributed by atoms with Crippen LogP contribution in [-0.2, 0) is 16.9 Å². The van der Waals surface area contributed by atoms with Crippen molar-refractivity contribution < 1.29 is 25.7 Å². The van der Waals surface area contributed by atoms with Crippen LogP contribution in [0.5, 0.6) is 0 Å². The predicted molar refractivity (Wildman–Crippen MR) is 147 cm³/mol. The second kappa shape index (κ2) is 9.43. The van der Waals surface area contributed by atoms with Crippen molar-refractivity contribution in [1.82, 2.24) is 24.5 Å². The first-order valence-electron chi connectivity index (χ1n) is 14.3. The van der Waals surface area contributed by atoms with E-state index in [2.05, 4.69) is 15.3 Å². The lowest BCUT2D eigenvalue weighted by molar-refractivity contribution is -0.0493. The zero-order valence-electron chi connectivity index (χ0n) is 24.8. The molecule has 0 bridgehead atoms. The summed E-state index contributed by atoms with van der Waals surface area (Å²) >= 11 is 0. The van der Waals surface area contributed by atoms with E-state index >= 15 is 4.39 Å². The smallest absolute Gasteiger partial charge is 0.248 e. The monoisotopic (exact) mass is 570 g/mol. The molecule has 11 heteroatoms. The van der Waals surface area contributed by atoms with Crippen molar-refractivity contribution in [2.45, 2.75) is 49.4 Å². The molecule has 7 nitrogen and oxygen atoms in total. The summed E-state index contributed by atoms with van der Waals surface area (Å²) in [5.74, 6) is -3.86. The van der Waals surface area contributed by atoms with Crippen LogP contribution in [0.2, 0.25) is 0 Å². The van der Waals surface area contributed by atoms with Crippen LogP contribution < -0.4 is 0 Å². The van der Waals surface area contributed by atoms with Gasteiger partial charge in [-0.3, -0.25) is 4.98 Å². The Kier molecular flexibility index (Phi) is 5.43. The predicted octanol–water partition coefficient (Wildman–Crippen LogP) is 6.25. The van der Waals surface area contributed by atoms with E-state index in [1.807, 2.05) is 18.2 Å². The van der Waals surface area contributed by atoms with Crippen LogP contribution in [0.4, 0.5) is 13.2 Å². The SMILES string of the molecule is [2H]C([2H])([2H])c1nnn(C)c1-c1cnc2c3c(F)ccc(S(C)(=O)=O)c3n(C(c3ccccc3)C3CCC(F)(F)CC3)c2c1. The molecular weight excluding hydrogens is 539 g/mol. The molecule has 0 amide bonds. The lowest BCUT2D eigenvalue weighted by Crippen LogP contribution is -2.30. The summed E-state index contributed by atoms with van der Waals surface area (Å²) in [4.78, 5) is 4.42. The van der Waals surface area contributed by atoms with Gasteiger partial charge in [-0.05, 0) is 49.4 Å². The molecule has 1 saturated carbocycles. The van der Waals surface area contributed by atoms with Gasteiger partial charge in [0.15, 0.2) is 9.84 Å². The highest BCUT2D eigenvalue weighted by atomic mass is 32.2. The molecular formula is C29H28F3N5O2S. The standard InChI is InChI=1S/C29H28F3N5O2S/c1-17-26(36(2)35-34-17)20-15-22-25(33-16-20)24-21(30)9-10-23(40(3,38)39)28(24)37(22)27(18-7-5-4-6-8-18)19-11-13-29(31,32)14-12-19/h4-10,15-16,19,27H,11-14H2,1-3H3/i1D3. The molecule has 40 heavy (non-hydrogen) atoms. The van der Waals surface area contributed by atoms with Gasteiger partial charge in [-0.15, -0.1) is 5.10 Å². The summed E-state index contributed by atoms with van der Waals surface area (Å²) in [7, 11) is -2.37. The molecule has 0 radical (unpaired) electrons. The summed E-state index contributed by atoms with van der Waals surface area (Å²) in [5.41, 5.74) is 1.53. The first-order chi connectivity index (χ1) is 20.2. The van der Waals surface area contributed by atoms with E-state index in [1.54, 1.807) is 22.8 Å². The van der Waals surface area contributed by atoms with Gasteiger partial charge in [-0.25, -0.2) is 26.3 Å². The largest absolute Gasteiger partial charge is 0.330 e. The van der Waals surface area contributed by atoms with Gasteiger partial charge in [-0.1, -0.05) is 35.5 Å². The second-order valence-corrected chi connectivity index (χ2v) is 12.4. The van der Waals surface area contributed by atoms with Crippen LogP contribution in [-0.4, -0.2) is 45.1 Å². The Balaban J connectivity index is 1.74. The van der Waals surface area contributed by atoms with Gasteiger partial charge < -0.3 is 4.57 Å². The highest BCUT2D eigenvalue weighted by Crippen LogP contribution is 2.47. The fourth-order valence-electron chi connectivity index (χ4n) is 6.02. The zero-order chi connectivity index (χ0) is 30.9. The summed E-state index contributed by atoms with van der Waals surface area (Å²) in [5, 5.41) is 7.72. The number of aromatic nitrogens is 5. The maximum absolute atomic E-state index is 15.7. The summed E-state index contributed by atoms with van der Waals surface area (Å²) in [6.07, 6.45) is 2.04. The molecule has 3 aromatic heterocycles. The van der Waals surface area contributed by atoms with Crippen molar-refractivity contribution in [2.24, 2.45) is 13.0 Å². The minimum Gasteiger partial charge on any atom is -0.330 e. The van der Waals surface area contributed by atoms with Gasteiger partial charge in [-0.2, -0.15) is 0 Å². The molecule has 0 N–H and O–H groups in total. The molecule has 208 valence electrons. The highest BCUT2D eigenvalue weighted by Gasteiger charge is 2.40. The van der Waals surface area contributed by atoms with Gasteiger partial charge in [0.2, 0.25) is 5.92 Å². The third-order valence-corrected chi connectivity index (χ3v) is 8.95. The van der Waals surface area contributed by atoms with Crippen LogP contribution in [0.15, 0.2) is 59.6 Å². The van der Waals surface area contributed by atoms with Crippen molar-refractivity contribution in [2.75, 3.05) is 6.26 Å². The first-order valence-corrected chi connectivity index (χ1v) is 14.7. The Hall–Kier alpha value is -3.73. The molecule has 5 aromatic rings. The quantitative estimate of drug-likeness (QED) is 0.233. The van der Waals surface area contributed by atoms with Crippen LogP contribution in [0.25, 0.3) is 33.2 Å². The number of alkyl halides is 2. The Morgan fingerprint density at radius 2 is 1.85 bits per heavy atom. The molecule has 1 unspecified atom stereocenters. The summed E-state index contributed by atoms with van der Waals surface area (Å²) in [6, 6.07) is 12.3. The fourth-order valence-corrected chi connectivity index (χ4v) is 6.89. The number of benzene rings is 2. The van der Waals surface area contributed by atoms with E-state index in [-0.39, 0.29) is 64.3 Å². The number of fused-ring (bicyclic) bond motifs is 3.